The maximum absolute atomic E-state index is 12.0. The number of carbonyl (C=O) groups is 1. The van der Waals surface area contributed by atoms with E-state index in [-0.39, 0.29) is 18.6 Å². The molecule has 3 rings (SSSR count). The molecule has 0 aliphatic carbocycles. The standard InChI is InChI=1S/C18H17NO4S/c1-11-8-18(21)23-15-9-13(5-6-14(11)15)22-10-17(20)19-12(2)16-4-3-7-24-16/h3-9,12H,10H2,1-2H3,(H,19,20). The van der Waals surface area contributed by atoms with Crippen molar-refractivity contribution in [2.75, 3.05) is 6.61 Å². The smallest absolute Gasteiger partial charge is 0.336 e. The molecule has 124 valence electrons. The summed E-state index contributed by atoms with van der Waals surface area (Å²) in [4.78, 5) is 24.5. The second kappa shape index (κ2) is 6.88. The van der Waals surface area contributed by atoms with E-state index < -0.39 is 5.63 Å². The first-order chi connectivity index (χ1) is 11.5. The van der Waals surface area contributed by atoms with Crippen LogP contribution in [0.1, 0.15) is 23.4 Å². The van der Waals surface area contributed by atoms with Crippen molar-refractivity contribution >= 4 is 28.2 Å². The molecule has 6 heteroatoms. The molecular weight excluding hydrogens is 326 g/mol. The number of hydrogen-bond donors (Lipinski definition) is 1. The maximum atomic E-state index is 12.0. The van der Waals surface area contributed by atoms with Gasteiger partial charge in [-0.05, 0) is 43.0 Å². The van der Waals surface area contributed by atoms with Crippen molar-refractivity contribution in [2.24, 2.45) is 0 Å². The molecule has 0 bridgehead atoms. The fourth-order valence-corrected chi connectivity index (χ4v) is 3.17. The highest BCUT2D eigenvalue weighted by Crippen LogP contribution is 2.22. The minimum absolute atomic E-state index is 0.0571. The quantitative estimate of drug-likeness (QED) is 0.721. The molecule has 1 N–H and O–H groups in total. The monoisotopic (exact) mass is 343 g/mol. The van der Waals surface area contributed by atoms with Gasteiger partial charge < -0.3 is 14.5 Å². The van der Waals surface area contributed by atoms with Gasteiger partial charge in [-0.15, -0.1) is 11.3 Å². The predicted octanol–water partition coefficient (Wildman–Crippen LogP) is 3.42. The SMILES string of the molecule is Cc1cc(=O)oc2cc(OCC(=O)NC(C)c3cccs3)ccc12. The summed E-state index contributed by atoms with van der Waals surface area (Å²) < 4.78 is 10.7. The van der Waals surface area contributed by atoms with Gasteiger partial charge in [0.2, 0.25) is 0 Å². The first kappa shape index (κ1) is 16.3. The van der Waals surface area contributed by atoms with Crippen LogP contribution in [0.4, 0.5) is 0 Å². The lowest BCUT2D eigenvalue weighted by Gasteiger charge is -2.13. The van der Waals surface area contributed by atoms with Gasteiger partial charge in [-0.2, -0.15) is 0 Å². The molecule has 5 nitrogen and oxygen atoms in total. The third-order valence-electron chi connectivity index (χ3n) is 3.64. The number of hydrogen-bond acceptors (Lipinski definition) is 5. The number of ether oxygens (including phenoxy) is 1. The first-order valence-corrected chi connectivity index (χ1v) is 8.41. The minimum atomic E-state index is -0.403. The molecule has 3 aromatic rings. The maximum Gasteiger partial charge on any atom is 0.336 e. The lowest BCUT2D eigenvalue weighted by Crippen LogP contribution is -2.30. The van der Waals surface area contributed by atoms with Gasteiger partial charge in [-0.25, -0.2) is 4.79 Å². The molecule has 0 radical (unpaired) electrons. The fourth-order valence-electron chi connectivity index (χ4n) is 2.44. The number of benzene rings is 1. The van der Waals surface area contributed by atoms with E-state index >= 15 is 0 Å². The van der Waals surface area contributed by atoms with Gasteiger partial charge >= 0.3 is 5.63 Å². The molecule has 1 atom stereocenters. The summed E-state index contributed by atoms with van der Waals surface area (Å²) in [6.07, 6.45) is 0. The van der Waals surface area contributed by atoms with E-state index in [1.165, 1.54) is 6.07 Å². The summed E-state index contributed by atoms with van der Waals surface area (Å²) in [6, 6.07) is 10.5. The van der Waals surface area contributed by atoms with Crippen LogP contribution in [0.15, 0.2) is 51.0 Å². The van der Waals surface area contributed by atoms with Crippen molar-refractivity contribution in [2.45, 2.75) is 19.9 Å². The molecule has 0 saturated heterocycles. The third kappa shape index (κ3) is 3.65. The molecule has 0 aliphatic rings. The normalized spacial score (nSPS) is 12.1. The number of fused-ring (bicyclic) bond motifs is 1. The Balaban J connectivity index is 1.65. The molecule has 2 aromatic heterocycles. The first-order valence-electron chi connectivity index (χ1n) is 7.53. The van der Waals surface area contributed by atoms with Gasteiger partial charge in [0.05, 0.1) is 6.04 Å². The minimum Gasteiger partial charge on any atom is -0.484 e. The zero-order valence-corrected chi connectivity index (χ0v) is 14.2. The highest BCUT2D eigenvalue weighted by atomic mass is 32.1. The summed E-state index contributed by atoms with van der Waals surface area (Å²) in [6.45, 7) is 3.67. The Kier molecular flexibility index (Phi) is 4.66. The second-order valence-corrected chi connectivity index (χ2v) is 6.48. The van der Waals surface area contributed by atoms with Crippen molar-refractivity contribution in [3.63, 3.8) is 0 Å². The van der Waals surface area contributed by atoms with Gasteiger partial charge in [0.15, 0.2) is 6.61 Å². The molecule has 24 heavy (non-hydrogen) atoms. The zero-order valence-electron chi connectivity index (χ0n) is 13.4. The van der Waals surface area contributed by atoms with E-state index in [1.807, 2.05) is 37.4 Å². The molecule has 1 aromatic carbocycles. The van der Waals surface area contributed by atoms with Crippen LogP contribution < -0.4 is 15.7 Å². The Morgan fingerprint density at radius 3 is 2.92 bits per heavy atom. The van der Waals surface area contributed by atoms with E-state index in [1.54, 1.807) is 23.5 Å². The van der Waals surface area contributed by atoms with E-state index in [2.05, 4.69) is 5.32 Å². The molecule has 0 aliphatic heterocycles. The lowest BCUT2D eigenvalue weighted by atomic mass is 10.1. The molecule has 1 unspecified atom stereocenters. The highest BCUT2D eigenvalue weighted by Gasteiger charge is 2.11. The zero-order chi connectivity index (χ0) is 17.1. The number of amides is 1. The van der Waals surface area contributed by atoms with Crippen molar-refractivity contribution in [1.82, 2.24) is 5.32 Å². The second-order valence-electron chi connectivity index (χ2n) is 5.50. The van der Waals surface area contributed by atoms with Gasteiger partial charge in [-0.1, -0.05) is 6.07 Å². The number of rotatable bonds is 5. The summed E-state index contributed by atoms with van der Waals surface area (Å²) in [7, 11) is 0. The van der Waals surface area contributed by atoms with Crippen molar-refractivity contribution in [1.29, 1.82) is 0 Å². The lowest BCUT2D eigenvalue weighted by molar-refractivity contribution is -0.123. The summed E-state index contributed by atoms with van der Waals surface area (Å²) in [5.74, 6) is 0.275. The van der Waals surface area contributed by atoms with Crippen LogP contribution in [0.3, 0.4) is 0 Å². The Hall–Kier alpha value is -2.60. The van der Waals surface area contributed by atoms with Crippen molar-refractivity contribution < 1.29 is 13.9 Å². The highest BCUT2D eigenvalue weighted by molar-refractivity contribution is 7.10. The number of nitrogens with one attached hydrogen (secondary N) is 1. The molecule has 0 fully saturated rings. The van der Waals surface area contributed by atoms with E-state index in [0.29, 0.717) is 11.3 Å². The van der Waals surface area contributed by atoms with Gasteiger partial charge in [-0.3, -0.25) is 4.79 Å². The molecule has 0 saturated carbocycles. The Morgan fingerprint density at radius 2 is 2.17 bits per heavy atom. The van der Waals surface area contributed by atoms with E-state index in [4.69, 9.17) is 9.15 Å². The Bertz CT molecular complexity index is 914. The summed E-state index contributed by atoms with van der Waals surface area (Å²) in [5, 5.41) is 5.70. The predicted molar refractivity (Wildman–Crippen MR) is 93.6 cm³/mol. The Morgan fingerprint density at radius 1 is 1.33 bits per heavy atom. The average molecular weight is 343 g/mol. The van der Waals surface area contributed by atoms with Crippen LogP contribution in [-0.2, 0) is 4.79 Å². The average Bonchev–Trinajstić information content (AvgIpc) is 3.07. The fraction of sp³-hybridized carbons (Fsp3) is 0.222. The van der Waals surface area contributed by atoms with Gasteiger partial charge in [0.1, 0.15) is 11.3 Å². The summed E-state index contributed by atoms with van der Waals surface area (Å²) >= 11 is 1.59. The number of thiophene rings is 1. The Labute approximate surface area is 142 Å². The van der Waals surface area contributed by atoms with Gasteiger partial charge in [0.25, 0.3) is 5.91 Å². The number of aryl methyl sites for hydroxylation is 1. The third-order valence-corrected chi connectivity index (χ3v) is 4.70. The van der Waals surface area contributed by atoms with Crippen molar-refractivity contribution in [3.05, 3.63) is 62.6 Å². The molecule has 0 spiro atoms. The largest absolute Gasteiger partial charge is 0.484 e. The topological polar surface area (TPSA) is 68.5 Å². The van der Waals surface area contributed by atoms with Crippen molar-refractivity contribution in [3.8, 4) is 5.75 Å². The van der Waals surface area contributed by atoms with Crippen LogP contribution in [-0.4, -0.2) is 12.5 Å². The van der Waals surface area contributed by atoms with Crippen LogP contribution in [0, 0.1) is 6.92 Å². The summed E-state index contributed by atoms with van der Waals surface area (Å²) in [5.41, 5.74) is 0.889. The van der Waals surface area contributed by atoms with E-state index in [9.17, 15) is 9.59 Å². The number of carbonyl (C=O) groups excluding carboxylic acids is 1. The molecule has 2 heterocycles. The van der Waals surface area contributed by atoms with E-state index in [0.717, 1.165) is 15.8 Å². The van der Waals surface area contributed by atoms with Crippen LogP contribution in [0.5, 0.6) is 5.75 Å². The molecule has 1 amide bonds. The van der Waals surface area contributed by atoms with Crippen LogP contribution in [0.2, 0.25) is 0 Å². The van der Waals surface area contributed by atoms with Gasteiger partial charge in [0, 0.05) is 22.4 Å². The van der Waals surface area contributed by atoms with Crippen LogP contribution >= 0.6 is 11.3 Å². The van der Waals surface area contributed by atoms with Crippen LogP contribution in [0.25, 0.3) is 11.0 Å². The molecular formula is C18H17NO4S.